The average molecular weight is 356 g/mol. The van der Waals surface area contributed by atoms with Gasteiger partial charge in [0.05, 0.1) is 17.7 Å². The Kier molecular flexibility index (Phi) is 5.75. The van der Waals surface area contributed by atoms with Crippen molar-refractivity contribution in [3.8, 4) is 11.3 Å². The van der Waals surface area contributed by atoms with Crippen molar-refractivity contribution < 1.29 is 14.1 Å². The quantitative estimate of drug-likeness (QED) is 0.487. The summed E-state index contributed by atoms with van der Waals surface area (Å²) in [5, 5.41) is 14.6. The first kappa shape index (κ1) is 17.8. The van der Waals surface area contributed by atoms with Crippen LogP contribution in [0.3, 0.4) is 0 Å². The van der Waals surface area contributed by atoms with Crippen molar-refractivity contribution in [3.63, 3.8) is 0 Å². The molecule has 0 radical (unpaired) electrons. The number of nitrogens with zero attached hydrogens (tertiary/aromatic N) is 3. The van der Waals surface area contributed by atoms with Gasteiger partial charge >= 0.3 is 0 Å². The van der Waals surface area contributed by atoms with E-state index in [0.29, 0.717) is 18.1 Å². The zero-order valence-electron chi connectivity index (χ0n) is 14.3. The molecule has 8 heteroatoms. The van der Waals surface area contributed by atoms with Crippen molar-refractivity contribution in [1.82, 2.24) is 10.3 Å². The molecule has 1 N–H and O–H groups in total. The lowest BCUT2D eigenvalue weighted by Crippen LogP contribution is -2.38. The summed E-state index contributed by atoms with van der Waals surface area (Å²) >= 11 is 0. The lowest BCUT2D eigenvalue weighted by Gasteiger charge is -2.25. The molecule has 2 aromatic rings. The number of nitrogens with one attached hydrogen (secondary N) is 1. The topological polar surface area (TPSA) is 101 Å². The molecule has 26 heavy (non-hydrogen) atoms. The number of hydrazone groups is 1. The normalized spacial score (nSPS) is 15.2. The summed E-state index contributed by atoms with van der Waals surface area (Å²) < 4.78 is 5.62. The minimum Gasteiger partial charge on any atom is -0.455 e. The van der Waals surface area contributed by atoms with E-state index < -0.39 is 4.92 Å². The van der Waals surface area contributed by atoms with E-state index in [4.69, 9.17) is 4.42 Å². The first-order valence-electron chi connectivity index (χ1n) is 8.51. The van der Waals surface area contributed by atoms with Crippen LogP contribution in [0.15, 0.2) is 45.9 Å². The first-order chi connectivity index (χ1) is 12.6. The monoisotopic (exact) mass is 356 g/mol. The van der Waals surface area contributed by atoms with Crippen molar-refractivity contribution >= 4 is 17.8 Å². The molecular formula is C18H20N4O4. The van der Waals surface area contributed by atoms with E-state index in [1.165, 1.54) is 24.8 Å². The van der Waals surface area contributed by atoms with E-state index in [1.807, 2.05) is 0 Å². The van der Waals surface area contributed by atoms with E-state index in [-0.39, 0.29) is 11.6 Å². The predicted molar refractivity (Wildman–Crippen MR) is 96.8 cm³/mol. The molecule has 2 heterocycles. The van der Waals surface area contributed by atoms with Gasteiger partial charge in [0.1, 0.15) is 11.5 Å². The summed E-state index contributed by atoms with van der Waals surface area (Å²) in [6.45, 7) is 2.26. The minimum atomic E-state index is -0.448. The number of hydrogen-bond acceptors (Lipinski definition) is 6. The molecule has 1 aliphatic rings. The Morgan fingerprint density at radius 3 is 2.62 bits per heavy atom. The molecule has 0 spiro atoms. The fourth-order valence-electron chi connectivity index (χ4n) is 2.85. The van der Waals surface area contributed by atoms with Crippen LogP contribution in [0.2, 0.25) is 0 Å². The molecule has 0 aliphatic carbocycles. The Labute approximate surface area is 150 Å². The van der Waals surface area contributed by atoms with Crippen molar-refractivity contribution in [2.24, 2.45) is 5.10 Å². The number of piperidine rings is 1. The van der Waals surface area contributed by atoms with Gasteiger partial charge in [0.15, 0.2) is 0 Å². The van der Waals surface area contributed by atoms with Gasteiger partial charge in [-0.15, -0.1) is 0 Å². The highest BCUT2D eigenvalue weighted by molar-refractivity contribution is 5.82. The third-order valence-corrected chi connectivity index (χ3v) is 4.19. The van der Waals surface area contributed by atoms with Gasteiger partial charge in [-0.05, 0) is 50.2 Å². The van der Waals surface area contributed by atoms with Gasteiger partial charge < -0.3 is 4.42 Å². The van der Waals surface area contributed by atoms with E-state index in [0.717, 1.165) is 31.5 Å². The fourth-order valence-corrected chi connectivity index (χ4v) is 2.85. The van der Waals surface area contributed by atoms with Gasteiger partial charge in [-0.25, -0.2) is 5.43 Å². The zero-order chi connectivity index (χ0) is 18.4. The Morgan fingerprint density at radius 2 is 1.92 bits per heavy atom. The first-order valence-corrected chi connectivity index (χ1v) is 8.51. The summed E-state index contributed by atoms with van der Waals surface area (Å²) in [5.74, 6) is 0.905. The number of likely N-dealkylation sites (tertiary alicyclic amines) is 1. The summed E-state index contributed by atoms with van der Waals surface area (Å²) in [5.41, 5.74) is 3.25. The Balaban J connectivity index is 1.53. The highest BCUT2D eigenvalue weighted by Gasteiger charge is 2.13. The Bertz CT molecular complexity index is 792. The van der Waals surface area contributed by atoms with Crippen molar-refractivity contribution in [1.29, 1.82) is 0 Å². The smallest absolute Gasteiger partial charge is 0.269 e. The number of non-ortho nitro benzene ring substituents is 1. The molecule has 1 aromatic carbocycles. The number of carbonyl (C=O) groups excluding carboxylic acids is 1. The largest absolute Gasteiger partial charge is 0.455 e. The lowest BCUT2D eigenvalue weighted by atomic mass is 10.1. The van der Waals surface area contributed by atoms with Gasteiger partial charge in [-0.3, -0.25) is 19.8 Å². The summed E-state index contributed by atoms with van der Waals surface area (Å²) in [6.07, 6.45) is 4.93. The molecule has 136 valence electrons. The van der Waals surface area contributed by atoms with Gasteiger partial charge in [0.25, 0.3) is 11.6 Å². The number of furan rings is 1. The van der Waals surface area contributed by atoms with E-state index >= 15 is 0 Å². The van der Waals surface area contributed by atoms with Gasteiger partial charge in [0, 0.05) is 17.7 Å². The number of carbonyl (C=O) groups is 1. The molecule has 1 saturated heterocycles. The highest BCUT2D eigenvalue weighted by Crippen LogP contribution is 2.23. The molecule has 0 saturated carbocycles. The molecule has 1 fully saturated rings. The SMILES string of the molecule is O=C(CN1CCCCC1)N/N=C\c1ccc(-c2ccc([N+](=O)[O-])cc2)o1. The molecular weight excluding hydrogens is 336 g/mol. The van der Waals surface area contributed by atoms with Crippen LogP contribution in [0.1, 0.15) is 25.0 Å². The second-order valence-corrected chi connectivity index (χ2v) is 6.14. The van der Waals surface area contributed by atoms with Crippen LogP contribution in [0.4, 0.5) is 5.69 Å². The number of benzene rings is 1. The van der Waals surface area contributed by atoms with Crippen LogP contribution >= 0.6 is 0 Å². The standard InChI is InChI=1S/C18H20N4O4/c23-18(13-21-10-2-1-3-11-21)20-19-12-16-8-9-17(26-16)14-4-6-15(7-5-14)22(24)25/h4-9,12H,1-3,10-11,13H2,(H,20,23)/b19-12-. The van der Waals surface area contributed by atoms with Crippen molar-refractivity contribution in [2.75, 3.05) is 19.6 Å². The molecule has 3 rings (SSSR count). The van der Waals surface area contributed by atoms with Gasteiger partial charge in [0.2, 0.25) is 0 Å². The maximum Gasteiger partial charge on any atom is 0.269 e. The molecule has 0 atom stereocenters. The van der Waals surface area contributed by atoms with Crippen LogP contribution in [0, 0.1) is 10.1 Å². The molecule has 0 bridgehead atoms. The highest BCUT2D eigenvalue weighted by atomic mass is 16.6. The number of rotatable bonds is 6. The molecule has 1 aliphatic heterocycles. The van der Waals surface area contributed by atoms with Crippen LogP contribution in [0.25, 0.3) is 11.3 Å². The summed E-state index contributed by atoms with van der Waals surface area (Å²) in [4.78, 5) is 24.2. The molecule has 0 unspecified atom stereocenters. The maximum atomic E-state index is 11.9. The molecule has 1 aromatic heterocycles. The van der Waals surface area contributed by atoms with Crippen LogP contribution in [0.5, 0.6) is 0 Å². The third kappa shape index (κ3) is 4.76. The number of amides is 1. The second-order valence-electron chi connectivity index (χ2n) is 6.14. The predicted octanol–water partition coefficient (Wildman–Crippen LogP) is 2.79. The second kappa shape index (κ2) is 8.39. The van der Waals surface area contributed by atoms with E-state index in [2.05, 4.69) is 15.4 Å². The van der Waals surface area contributed by atoms with Crippen molar-refractivity contribution in [3.05, 3.63) is 52.3 Å². The van der Waals surface area contributed by atoms with E-state index in [9.17, 15) is 14.9 Å². The van der Waals surface area contributed by atoms with Gasteiger partial charge in [-0.2, -0.15) is 5.10 Å². The van der Waals surface area contributed by atoms with Crippen LogP contribution in [-0.2, 0) is 4.79 Å². The number of nitro benzene ring substituents is 1. The van der Waals surface area contributed by atoms with Gasteiger partial charge in [-0.1, -0.05) is 6.42 Å². The maximum absolute atomic E-state index is 11.9. The van der Waals surface area contributed by atoms with Crippen LogP contribution in [-0.4, -0.2) is 41.6 Å². The summed E-state index contributed by atoms with van der Waals surface area (Å²) in [6, 6.07) is 9.56. The third-order valence-electron chi connectivity index (χ3n) is 4.19. The Hall–Kier alpha value is -3.00. The van der Waals surface area contributed by atoms with Crippen LogP contribution < -0.4 is 5.43 Å². The molecule has 8 nitrogen and oxygen atoms in total. The zero-order valence-corrected chi connectivity index (χ0v) is 14.3. The molecule has 1 amide bonds. The van der Waals surface area contributed by atoms with E-state index in [1.54, 1.807) is 24.3 Å². The number of nitro groups is 1. The Morgan fingerprint density at radius 1 is 1.19 bits per heavy atom. The number of hydrogen-bond donors (Lipinski definition) is 1. The summed E-state index contributed by atoms with van der Waals surface area (Å²) in [7, 11) is 0. The fraction of sp³-hybridized carbons (Fsp3) is 0.333. The average Bonchev–Trinajstić information content (AvgIpc) is 3.11. The lowest BCUT2D eigenvalue weighted by molar-refractivity contribution is -0.384. The van der Waals surface area contributed by atoms with Crippen molar-refractivity contribution in [2.45, 2.75) is 19.3 Å². The minimum absolute atomic E-state index is 0.0264.